The Morgan fingerprint density at radius 1 is 1.21 bits per heavy atom. The molecular formula is C16H18F3N7O2. The molecule has 150 valence electrons. The summed E-state index contributed by atoms with van der Waals surface area (Å²) < 4.78 is 43.3. The van der Waals surface area contributed by atoms with E-state index in [9.17, 15) is 18.0 Å². The Bertz CT molecular complexity index is 845. The Labute approximate surface area is 157 Å². The van der Waals surface area contributed by atoms with Gasteiger partial charge in [0.15, 0.2) is 11.5 Å². The molecule has 1 fully saturated rings. The molecule has 12 heteroatoms. The van der Waals surface area contributed by atoms with Gasteiger partial charge in [-0.15, -0.1) is 10.2 Å². The van der Waals surface area contributed by atoms with E-state index in [1.165, 1.54) is 12.1 Å². The van der Waals surface area contributed by atoms with Gasteiger partial charge < -0.3 is 26.8 Å². The van der Waals surface area contributed by atoms with Gasteiger partial charge in [-0.3, -0.25) is 4.79 Å². The molecule has 1 aromatic heterocycles. The standard InChI is InChI=1S/C16H18F3N7O2/c17-16(18,19)8-1-3-9(4-2-8)22-14-12(13(21)27)25-26-15(24-14)23-11-5-6-28-7-10(11)20/h1-4,10-11H,5-7,20H2,(H2,21,27)(H2,22,23,24,26)/t10-,11+/m0/s1. The van der Waals surface area contributed by atoms with Gasteiger partial charge in [-0.1, -0.05) is 0 Å². The number of benzene rings is 1. The minimum atomic E-state index is -4.45. The van der Waals surface area contributed by atoms with Gasteiger partial charge in [0.1, 0.15) is 0 Å². The van der Waals surface area contributed by atoms with E-state index in [2.05, 4.69) is 25.8 Å². The van der Waals surface area contributed by atoms with E-state index in [0.29, 0.717) is 19.6 Å². The largest absolute Gasteiger partial charge is 0.416 e. The van der Waals surface area contributed by atoms with Gasteiger partial charge in [0.25, 0.3) is 5.91 Å². The van der Waals surface area contributed by atoms with Crippen LogP contribution in [0.4, 0.5) is 30.6 Å². The van der Waals surface area contributed by atoms with Crippen molar-refractivity contribution in [2.24, 2.45) is 11.5 Å². The van der Waals surface area contributed by atoms with E-state index in [-0.39, 0.29) is 35.2 Å². The van der Waals surface area contributed by atoms with Crippen LogP contribution in [0.15, 0.2) is 24.3 Å². The predicted molar refractivity (Wildman–Crippen MR) is 93.9 cm³/mol. The first kappa shape index (κ1) is 19.8. The van der Waals surface area contributed by atoms with Gasteiger partial charge in [0, 0.05) is 24.4 Å². The molecule has 6 N–H and O–H groups in total. The topological polar surface area (TPSA) is 141 Å². The smallest absolute Gasteiger partial charge is 0.380 e. The summed E-state index contributed by atoms with van der Waals surface area (Å²) in [5, 5.41) is 13.3. The van der Waals surface area contributed by atoms with Crippen LogP contribution in [-0.2, 0) is 10.9 Å². The zero-order valence-electron chi connectivity index (χ0n) is 14.5. The maximum Gasteiger partial charge on any atom is 0.416 e. The summed E-state index contributed by atoms with van der Waals surface area (Å²) in [5.41, 5.74) is 10.5. The van der Waals surface area contributed by atoms with Crippen molar-refractivity contribution < 1.29 is 22.7 Å². The number of aromatic nitrogens is 3. The normalized spacial score (nSPS) is 19.9. The fourth-order valence-corrected chi connectivity index (χ4v) is 2.62. The minimum Gasteiger partial charge on any atom is -0.380 e. The number of amides is 1. The summed E-state index contributed by atoms with van der Waals surface area (Å²) in [4.78, 5) is 15.8. The van der Waals surface area contributed by atoms with Crippen LogP contribution in [-0.4, -0.2) is 46.4 Å². The van der Waals surface area contributed by atoms with Crippen molar-refractivity contribution in [3.8, 4) is 0 Å². The first-order valence-electron chi connectivity index (χ1n) is 8.32. The van der Waals surface area contributed by atoms with Crippen molar-refractivity contribution in [1.29, 1.82) is 0 Å². The molecule has 0 aliphatic carbocycles. The first-order valence-corrected chi connectivity index (χ1v) is 8.32. The molecule has 9 nitrogen and oxygen atoms in total. The highest BCUT2D eigenvalue weighted by Crippen LogP contribution is 2.30. The number of anilines is 3. The molecule has 28 heavy (non-hydrogen) atoms. The Kier molecular flexibility index (Phi) is 5.61. The van der Waals surface area contributed by atoms with E-state index in [1.807, 2.05) is 0 Å². The molecule has 1 saturated heterocycles. The number of halogens is 3. The third kappa shape index (κ3) is 4.64. The predicted octanol–water partition coefficient (Wildman–Crippen LogP) is 1.26. The molecule has 2 heterocycles. The number of hydrogen-bond acceptors (Lipinski definition) is 8. The number of primary amides is 1. The molecule has 1 aliphatic rings. The van der Waals surface area contributed by atoms with Crippen molar-refractivity contribution >= 4 is 23.4 Å². The first-order chi connectivity index (χ1) is 13.2. The van der Waals surface area contributed by atoms with Crippen LogP contribution in [0.25, 0.3) is 0 Å². The molecular weight excluding hydrogens is 379 g/mol. The van der Waals surface area contributed by atoms with Crippen molar-refractivity contribution in [3.63, 3.8) is 0 Å². The molecule has 2 atom stereocenters. The Morgan fingerprint density at radius 3 is 2.54 bits per heavy atom. The highest BCUT2D eigenvalue weighted by Gasteiger charge is 2.30. The molecule has 1 aromatic carbocycles. The van der Waals surface area contributed by atoms with Crippen molar-refractivity contribution in [3.05, 3.63) is 35.5 Å². The van der Waals surface area contributed by atoms with E-state index >= 15 is 0 Å². The monoisotopic (exact) mass is 397 g/mol. The van der Waals surface area contributed by atoms with Gasteiger partial charge in [0.05, 0.1) is 12.2 Å². The molecule has 0 unspecified atom stereocenters. The lowest BCUT2D eigenvalue weighted by molar-refractivity contribution is -0.137. The summed E-state index contributed by atoms with van der Waals surface area (Å²) in [6.45, 7) is 0.899. The van der Waals surface area contributed by atoms with Gasteiger partial charge in [-0.05, 0) is 30.7 Å². The molecule has 2 aromatic rings. The van der Waals surface area contributed by atoms with Gasteiger partial charge in [-0.2, -0.15) is 18.2 Å². The molecule has 0 spiro atoms. The molecule has 0 bridgehead atoms. The van der Waals surface area contributed by atoms with Crippen LogP contribution in [0.5, 0.6) is 0 Å². The zero-order chi connectivity index (χ0) is 20.3. The molecule has 1 aliphatic heterocycles. The van der Waals surface area contributed by atoms with Crippen molar-refractivity contribution in [1.82, 2.24) is 15.2 Å². The Morgan fingerprint density at radius 2 is 1.93 bits per heavy atom. The number of carbonyl (C=O) groups is 1. The highest BCUT2D eigenvalue weighted by atomic mass is 19.4. The van der Waals surface area contributed by atoms with Crippen LogP contribution < -0.4 is 22.1 Å². The summed E-state index contributed by atoms with van der Waals surface area (Å²) >= 11 is 0. The quantitative estimate of drug-likeness (QED) is 0.591. The molecule has 0 saturated carbocycles. The number of nitrogens with zero attached hydrogens (tertiary/aromatic N) is 3. The highest BCUT2D eigenvalue weighted by molar-refractivity contribution is 5.96. The number of alkyl halides is 3. The minimum absolute atomic E-state index is 0.0367. The lowest BCUT2D eigenvalue weighted by Gasteiger charge is -2.29. The fraction of sp³-hybridized carbons (Fsp3) is 0.375. The van der Waals surface area contributed by atoms with Crippen LogP contribution >= 0.6 is 0 Å². The summed E-state index contributed by atoms with van der Waals surface area (Å²) in [7, 11) is 0. The van der Waals surface area contributed by atoms with Crippen LogP contribution in [0.2, 0.25) is 0 Å². The van der Waals surface area contributed by atoms with E-state index < -0.39 is 17.6 Å². The number of rotatable bonds is 5. The number of hydrogen-bond donors (Lipinski definition) is 4. The van der Waals surface area contributed by atoms with Crippen LogP contribution in [0.3, 0.4) is 0 Å². The van der Waals surface area contributed by atoms with E-state index in [4.69, 9.17) is 16.2 Å². The summed E-state index contributed by atoms with van der Waals surface area (Å²) in [5.74, 6) is -0.823. The Hall–Kier alpha value is -2.99. The van der Waals surface area contributed by atoms with Gasteiger partial charge in [0.2, 0.25) is 5.95 Å². The van der Waals surface area contributed by atoms with E-state index in [1.54, 1.807) is 0 Å². The van der Waals surface area contributed by atoms with Crippen molar-refractivity contribution in [2.75, 3.05) is 23.8 Å². The lowest BCUT2D eigenvalue weighted by atomic mass is 10.1. The van der Waals surface area contributed by atoms with Gasteiger partial charge in [-0.25, -0.2) is 0 Å². The van der Waals surface area contributed by atoms with Crippen LogP contribution in [0, 0.1) is 0 Å². The second-order valence-corrected chi connectivity index (χ2v) is 6.18. The fourth-order valence-electron chi connectivity index (χ4n) is 2.62. The maximum absolute atomic E-state index is 12.7. The summed E-state index contributed by atoms with van der Waals surface area (Å²) in [6, 6.07) is 3.78. The summed E-state index contributed by atoms with van der Waals surface area (Å²) in [6.07, 6.45) is -3.82. The molecule has 1 amide bonds. The SMILES string of the molecule is NC(=O)c1nnc(N[C@@H]2CCOC[C@@H]2N)nc1Nc1ccc(C(F)(F)F)cc1. The third-order valence-electron chi connectivity index (χ3n) is 4.11. The Balaban J connectivity index is 1.82. The van der Waals surface area contributed by atoms with E-state index in [0.717, 1.165) is 12.1 Å². The number of carbonyl (C=O) groups excluding carboxylic acids is 1. The van der Waals surface area contributed by atoms with Crippen LogP contribution in [0.1, 0.15) is 22.5 Å². The molecule has 0 radical (unpaired) electrons. The third-order valence-corrected chi connectivity index (χ3v) is 4.11. The number of nitrogens with two attached hydrogens (primary N) is 2. The lowest BCUT2D eigenvalue weighted by Crippen LogP contribution is -2.48. The number of ether oxygens (including phenoxy) is 1. The second-order valence-electron chi connectivity index (χ2n) is 6.18. The average molecular weight is 397 g/mol. The number of nitrogens with one attached hydrogen (secondary N) is 2. The maximum atomic E-state index is 12.7. The average Bonchev–Trinajstić information content (AvgIpc) is 2.63. The zero-order valence-corrected chi connectivity index (χ0v) is 14.5. The second kappa shape index (κ2) is 7.94. The van der Waals surface area contributed by atoms with Crippen molar-refractivity contribution in [2.45, 2.75) is 24.7 Å². The molecule has 3 rings (SSSR count). The van der Waals surface area contributed by atoms with Gasteiger partial charge >= 0.3 is 6.18 Å².